The number of carbonyl (C=O) groups is 2. The number of benzene rings is 3. The minimum Gasteiger partial charge on any atom is -0.352 e. The summed E-state index contributed by atoms with van der Waals surface area (Å²) in [6, 6.07) is 21.4. The quantitative estimate of drug-likeness (QED) is 0.229. The lowest BCUT2D eigenvalue weighted by Gasteiger charge is -2.33. The van der Waals surface area contributed by atoms with Gasteiger partial charge in [-0.2, -0.15) is 0 Å². The van der Waals surface area contributed by atoms with E-state index in [1.807, 2.05) is 55.5 Å². The maximum Gasteiger partial charge on any atom is 0.243 e. The summed E-state index contributed by atoms with van der Waals surface area (Å²) in [5, 5.41) is 4.13. The zero-order chi connectivity index (χ0) is 31.0. The normalized spacial score (nSPS) is 14.3. The minimum atomic E-state index is -3.65. The highest BCUT2D eigenvalue weighted by Gasteiger charge is 2.32. The van der Waals surface area contributed by atoms with Crippen molar-refractivity contribution in [1.29, 1.82) is 0 Å². The van der Waals surface area contributed by atoms with Crippen LogP contribution in [0.5, 0.6) is 0 Å². The Morgan fingerprint density at radius 3 is 2.33 bits per heavy atom. The fourth-order valence-corrected chi connectivity index (χ4v) is 6.94. The number of nitrogens with one attached hydrogen (secondary N) is 1. The van der Waals surface area contributed by atoms with Crippen molar-refractivity contribution in [2.45, 2.75) is 70.5 Å². The van der Waals surface area contributed by atoms with Crippen LogP contribution in [-0.2, 0) is 32.6 Å². The first-order chi connectivity index (χ1) is 20.5. The van der Waals surface area contributed by atoms with Gasteiger partial charge in [0.15, 0.2) is 0 Å². The first-order valence-electron chi connectivity index (χ1n) is 14.6. The molecule has 0 unspecified atom stereocenters. The minimum absolute atomic E-state index is 0.0398. The van der Waals surface area contributed by atoms with Crippen LogP contribution in [0.4, 0.5) is 5.69 Å². The molecular weight excluding hydrogens is 605 g/mol. The van der Waals surface area contributed by atoms with Gasteiger partial charge in [-0.15, -0.1) is 0 Å². The van der Waals surface area contributed by atoms with E-state index in [0.29, 0.717) is 22.2 Å². The lowest BCUT2D eigenvalue weighted by atomic mass is 10.0. The van der Waals surface area contributed by atoms with Crippen molar-refractivity contribution in [2.75, 3.05) is 17.1 Å². The number of hydrogen-bond acceptors (Lipinski definition) is 4. The third kappa shape index (κ3) is 9.21. The number of halogens is 2. The van der Waals surface area contributed by atoms with Crippen molar-refractivity contribution in [2.24, 2.45) is 0 Å². The predicted molar refractivity (Wildman–Crippen MR) is 174 cm³/mol. The van der Waals surface area contributed by atoms with Crippen molar-refractivity contribution in [3.8, 4) is 0 Å². The summed E-state index contributed by atoms with van der Waals surface area (Å²) in [6.07, 6.45) is 5.75. The van der Waals surface area contributed by atoms with Crippen molar-refractivity contribution < 1.29 is 18.0 Å². The smallest absolute Gasteiger partial charge is 0.243 e. The predicted octanol–water partition coefficient (Wildman–Crippen LogP) is 6.55. The average Bonchev–Trinajstić information content (AvgIpc) is 3.48. The van der Waals surface area contributed by atoms with E-state index in [2.05, 4.69) is 5.32 Å². The molecule has 3 aromatic rings. The van der Waals surface area contributed by atoms with Crippen LogP contribution >= 0.6 is 23.2 Å². The Balaban J connectivity index is 1.61. The van der Waals surface area contributed by atoms with Crippen LogP contribution in [-0.4, -0.2) is 50.0 Å². The highest BCUT2D eigenvalue weighted by molar-refractivity contribution is 7.92. The van der Waals surface area contributed by atoms with E-state index in [-0.39, 0.29) is 43.8 Å². The highest BCUT2D eigenvalue weighted by atomic mass is 35.5. The molecule has 1 aliphatic rings. The first kappa shape index (κ1) is 32.8. The summed E-state index contributed by atoms with van der Waals surface area (Å²) in [5.41, 5.74) is 2.91. The van der Waals surface area contributed by atoms with Crippen LogP contribution in [0.25, 0.3) is 0 Å². The van der Waals surface area contributed by atoms with E-state index >= 15 is 0 Å². The van der Waals surface area contributed by atoms with Crippen molar-refractivity contribution in [1.82, 2.24) is 10.2 Å². The maximum absolute atomic E-state index is 14.0. The second kappa shape index (κ2) is 15.1. The van der Waals surface area contributed by atoms with E-state index < -0.39 is 16.1 Å². The van der Waals surface area contributed by atoms with Crippen LogP contribution in [0, 0.1) is 6.92 Å². The standard InChI is InChI=1S/C33H39Cl2N3O4S/c1-24-18-19-27(34)22-30(24)38(43(2,41)42)20-10-17-32(39)37(23-26-13-6-9-16-29(26)35)31(21-25-11-4-3-5-12-25)33(40)36-28-14-7-8-15-28/h3-6,9,11-13,16,18-19,22,28,31H,7-8,10,14-15,17,20-21,23H2,1-2H3,(H,36,40)/t31-/m0/s1. The monoisotopic (exact) mass is 643 g/mol. The molecule has 43 heavy (non-hydrogen) atoms. The third-order valence-corrected chi connectivity index (χ3v) is 9.65. The first-order valence-corrected chi connectivity index (χ1v) is 17.2. The van der Waals surface area contributed by atoms with Crippen LogP contribution in [0.15, 0.2) is 72.8 Å². The number of anilines is 1. The van der Waals surface area contributed by atoms with Gasteiger partial charge in [0.1, 0.15) is 6.04 Å². The van der Waals surface area contributed by atoms with Crippen LogP contribution in [0.2, 0.25) is 10.0 Å². The molecule has 1 aliphatic carbocycles. The SMILES string of the molecule is Cc1ccc(Cl)cc1N(CCCC(=O)N(Cc1ccccc1Cl)[C@@H](Cc1ccccc1)C(=O)NC1CCCC1)S(C)(=O)=O. The third-order valence-electron chi connectivity index (χ3n) is 7.86. The van der Waals surface area contributed by atoms with Crippen LogP contribution in [0.1, 0.15) is 55.2 Å². The fourth-order valence-electron chi connectivity index (χ4n) is 5.57. The number of hydrogen-bond donors (Lipinski definition) is 1. The largest absolute Gasteiger partial charge is 0.352 e. The van der Waals surface area contributed by atoms with Crippen molar-refractivity contribution >= 4 is 50.7 Å². The molecule has 0 heterocycles. The summed E-state index contributed by atoms with van der Waals surface area (Å²) in [5.74, 6) is -0.442. The van der Waals surface area contributed by atoms with Crippen molar-refractivity contribution in [3.05, 3.63) is 99.5 Å². The molecule has 10 heteroatoms. The molecule has 1 atom stereocenters. The Labute approximate surface area is 265 Å². The van der Waals surface area contributed by atoms with Gasteiger partial charge in [0.25, 0.3) is 0 Å². The number of rotatable bonds is 13. The Kier molecular flexibility index (Phi) is 11.5. The number of carbonyl (C=O) groups excluding carboxylic acids is 2. The second-order valence-corrected chi connectivity index (χ2v) is 13.9. The van der Waals surface area contributed by atoms with Gasteiger partial charge >= 0.3 is 0 Å². The van der Waals surface area contributed by atoms with Gasteiger partial charge in [-0.1, -0.05) is 90.6 Å². The van der Waals surface area contributed by atoms with Gasteiger partial charge in [0, 0.05) is 42.0 Å². The lowest BCUT2D eigenvalue weighted by Crippen LogP contribution is -2.52. The summed E-state index contributed by atoms with van der Waals surface area (Å²) < 4.78 is 26.8. The summed E-state index contributed by atoms with van der Waals surface area (Å²) in [4.78, 5) is 29.5. The van der Waals surface area contributed by atoms with Gasteiger partial charge < -0.3 is 10.2 Å². The zero-order valence-corrected chi connectivity index (χ0v) is 27.0. The number of aryl methyl sites for hydroxylation is 1. The van der Waals surface area contributed by atoms with Gasteiger partial charge in [-0.25, -0.2) is 8.42 Å². The van der Waals surface area contributed by atoms with E-state index in [0.717, 1.165) is 48.6 Å². The van der Waals surface area contributed by atoms with E-state index in [9.17, 15) is 18.0 Å². The van der Waals surface area contributed by atoms with Gasteiger partial charge in [0.05, 0.1) is 11.9 Å². The fraction of sp³-hybridized carbons (Fsp3) is 0.394. The molecule has 0 radical (unpaired) electrons. The summed E-state index contributed by atoms with van der Waals surface area (Å²) in [7, 11) is -3.65. The van der Waals surface area contributed by atoms with Crippen LogP contribution in [0.3, 0.4) is 0 Å². The molecule has 1 saturated carbocycles. The molecule has 0 saturated heterocycles. The molecule has 4 rings (SSSR count). The zero-order valence-electron chi connectivity index (χ0n) is 24.6. The summed E-state index contributed by atoms with van der Waals surface area (Å²) in [6.45, 7) is 2.05. The Hall–Kier alpha value is -3.07. The number of sulfonamides is 1. The molecule has 0 aromatic heterocycles. The second-order valence-electron chi connectivity index (χ2n) is 11.2. The molecule has 230 valence electrons. The molecule has 7 nitrogen and oxygen atoms in total. The highest BCUT2D eigenvalue weighted by Crippen LogP contribution is 2.27. The number of nitrogens with zero attached hydrogens (tertiary/aromatic N) is 2. The molecule has 1 N–H and O–H groups in total. The van der Waals surface area contributed by atoms with E-state index in [4.69, 9.17) is 23.2 Å². The van der Waals surface area contributed by atoms with Gasteiger partial charge in [-0.05, 0) is 61.1 Å². The Bertz CT molecular complexity index is 1510. The summed E-state index contributed by atoms with van der Waals surface area (Å²) >= 11 is 12.7. The molecule has 0 bridgehead atoms. The molecular formula is C33H39Cl2N3O4S. The van der Waals surface area contributed by atoms with E-state index in [1.165, 1.54) is 4.31 Å². The van der Waals surface area contributed by atoms with Crippen molar-refractivity contribution in [3.63, 3.8) is 0 Å². The average molecular weight is 645 g/mol. The van der Waals surface area contributed by atoms with E-state index in [1.54, 1.807) is 29.2 Å². The van der Waals surface area contributed by atoms with Crippen LogP contribution < -0.4 is 9.62 Å². The Morgan fingerprint density at radius 2 is 1.65 bits per heavy atom. The molecule has 3 aromatic carbocycles. The lowest BCUT2D eigenvalue weighted by molar-refractivity contribution is -0.141. The van der Waals surface area contributed by atoms with Gasteiger partial charge in [0.2, 0.25) is 21.8 Å². The molecule has 0 aliphatic heterocycles. The number of amides is 2. The Morgan fingerprint density at radius 1 is 0.977 bits per heavy atom. The molecule has 1 fully saturated rings. The maximum atomic E-state index is 14.0. The molecule has 0 spiro atoms. The van der Waals surface area contributed by atoms with Gasteiger partial charge in [-0.3, -0.25) is 13.9 Å². The topological polar surface area (TPSA) is 86.8 Å². The molecule has 2 amide bonds.